The lowest BCUT2D eigenvalue weighted by Crippen LogP contribution is -2.13. The van der Waals surface area contributed by atoms with E-state index in [0.717, 1.165) is 24.3 Å². The number of hydrogen-bond acceptors (Lipinski definition) is 3. The standard InChI is InChI=1S/C13H12F2N2O2S/c1-8-2-3-9(6-12(8)15)17-20(18,19)10-4-5-11(14)13(16)7-10/h2-7,17H,16H2,1H3. The van der Waals surface area contributed by atoms with E-state index in [1.54, 1.807) is 6.92 Å². The Labute approximate surface area is 115 Å². The van der Waals surface area contributed by atoms with Crippen molar-refractivity contribution in [2.24, 2.45) is 0 Å². The molecule has 0 bridgehead atoms. The van der Waals surface area contributed by atoms with Crippen LogP contribution in [0.3, 0.4) is 0 Å². The zero-order chi connectivity index (χ0) is 14.9. The van der Waals surface area contributed by atoms with Crippen LogP contribution in [0.5, 0.6) is 0 Å². The number of nitrogen functional groups attached to an aromatic ring is 1. The first-order valence-corrected chi connectivity index (χ1v) is 7.12. The summed E-state index contributed by atoms with van der Waals surface area (Å²) in [6.45, 7) is 1.56. The monoisotopic (exact) mass is 298 g/mol. The minimum absolute atomic E-state index is 0.0796. The topological polar surface area (TPSA) is 72.2 Å². The molecule has 20 heavy (non-hydrogen) atoms. The largest absolute Gasteiger partial charge is 0.396 e. The highest BCUT2D eigenvalue weighted by Crippen LogP contribution is 2.21. The lowest BCUT2D eigenvalue weighted by atomic mass is 10.2. The third kappa shape index (κ3) is 2.88. The highest BCUT2D eigenvalue weighted by molar-refractivity contribution is 7.92. The second-order valence-corrected chi connectivity index (χ2v) is 5.94. The predicted octanol–water partition coefficient (Wildman–Crippen LogP) is 2.66. The fourth-order valence-corrected chi connectivity index (χ4v) is 2.64. The van der Waals surface area contributed by atoms with E-state index in [-0.39, 0.29) is 16.3 Å². The first kappa shape index (κ1) is 14.3. The number of anilines is 2. The maximum Gasteiger partial charge on any atom is 0.261 e. The lowest BCUT2D eigenvalue weighted by Gasteiger charge is -2.09. The van der Waals surface area contributed by atoms with Gasteiger partial charge in [-0.15, -0.1) is 0 Å². The number of aryl methyl sites for hydroxylation is 1. The van der Waals surface area contributed by atoms with Crippen LogP contribution in [0.2, 0.25) is 0 Å². The normalized spacial score (nSPS) is 11.3. The maximum atomic E-state index is 13.4. The van der Waals surface area contributed by atoms with Crippen molar-refractivity contribution >= 4 is 21.4 Å². The number of benzene rings is 2. The van der Waals surface area contributed by atoms with E-state index in [0.29, 0.717) is 5.56 Å². The van der Waals surface area contributed by atoms with Crippen LogP contribution in [0.25, 0.3) is 0 Å². The third-order valence-electron chi connectivity index (χ3n) is 2.70. The van der Waals surface area contributed by atoms with Gasteiger partial charge in [0.2, 0.25) is 0 Å². The van der Waals surface area contributed by atoms with Crippen LogP contribution in [-0.4, -0.2) is 8.42 Å². The van der Waals surface area contributed by atoms with Crippen LogP contribution < -0.4 is 10.5 Å². The Morgan fingerprint density at radius 3 is 2.35 bits per heavy atom. The average Bonchev–Trinajstić information content (AvgIpc) is 2.37. The second kappa shape index (κ2) is 5.09. The molecule has 106 valence electrons. The fourth-order valence-electron chi connectivity index (χ4n) is 1.56. The molecule has 3 N–H and O–H groups in total. The molecule has 0 radical (unpaired) electrons. The van der Waals surface area contributed by atoms with E-state index in [4.69, 9.17) is 5.73 Å². The molecule has 0 atom stereocenters. The number of nitrogens with one attached hydrogen (secondary N) is 1. The second-order valence-electron chi connectivity index (χ2n) is 4.25. The zero-order valence-corrected chi connectivity index (χ0v) is 11.3. The highest BCUT2D eigenvalue weighted by Gasteiger charge is 2.16. The molecule has 0 heterocycles. The Morgan fingerprint density at radius 1 is 1.05 bits per heavy atom. The smallest absolute Gasteiger partial charge is 0.261 e. The van der Waals surface area contributed by atoms with Crippen molar-refractivity contribution in [3.63, 3.8) is 0 Å². The Bertz CT molecular complexity index is 761. The minimum Gasteiger partial charge on any atom is -0.396 e. The average molecular weight is 298 g/mol. The van der Waals surface area contributed by atoms with Crippen molar-refractivity contribution in [2.75, 3.05) is 10.5 Å². The van der Waals surface area contributed by atoms with Gasteiger partial charge in [-0.1, -0.05) is 6.07 Å². The van der Waals surface area contributed by atoms with E-state index in [1.807, 2.05) is 0 Å². The summed E-state index contributed by atoms with van der Waals surface area (Å²) >= 11 is 0. The summed E-state index contributed by atoms with van der Waals surface area (Å²) < 4.78 is 52.7. The quantitative estimate of drug-likeness (QED) is 0.856. The summed E-state index contributed by atoms with van der Waals surface area (Å²) in [7, 11) is -3.95. The number of rotatable bonds is 3. The highest BCUT2D eigenvalue weighted by atomic mass is 32.2. The molecule has 0 saturated heterocycles. The van der Waals surface area contributed by atoms with Crippen molar-refractivity contribution in [3.8, 4) is 0 Å². The summed E-state index contributed by atoms with van der Waals surface area (Å²) in [5.41, 5.74) is 5.53. The van der Waals surface area contributed by atoms with Gasteiger partial charge in [0, 0.05) is 0 Å². The molecule has 4 nitrogen and oxygen atoms in total. The van der Waals surface area contributed by atoms with E-state index in [9.17, 15) is 17.2 Å². The SMILES string of the molecule is Cc1ccc(NS(=O)(=O)c2ccc(F)c(N)c2)cc1F. The van der Waals surface area contributed by atoms with Crippen LogP contribution in [0.15, 0.2) is 41.3 Å². The molecule has 0 amide bonds. The number of nitrogens with two attached hydrogens (primary N) is 1. The van der Waals surface area contributed by atoms with Gasteiger partial charge < -0.3 is 5.73 Å². The summed E-state index contributed by atoms with van der Waals surface area (Å²) in [5.74, 6) is -1.23. The van der Waals surface area contributed by atoms with Gasteiger partial charge in [0.05, 0.1) is 16.3 Å². The van der Waals surface area contributed by atoms with Crippen molar-refractivity contribution in [3.05, 3.63) is 53.6 Å². The molecule has 0 aliphatic rings. The van der Waals surface area contributed by atoms with Gasteiger partial charge in [-0.05, 0) is 42.8 Å². The molecule has 2 rings (SSSR count). The van der Waals surface area contributed by atoms with Crippen molar-refractivity contribution < 1.29 is 17.2 Å². The van der Waals surface area contributed by atoms with E-state index >= 15 is 0 Å². The summed E-state index contributed by atoms with van der Waals surface area (Å²) in [4.78, 5) is -0.197. The number of halogens is 2. The number of sulfonamides is 1. The first-order chi connectivity index (χ1) is 9.29. The molecule has 2 aromatic rings. The molecular formula is C13H12F2N2O2S. The molecule has 0 aliphatic carbocycles. The van der Waals surface area contributed by atoms with Crippen LogP contribution in [0.1, 0.15) is 5.56 Å². The van der Waals surface area contributed by atoms with Crippen molar-refractivity contribution in [2.45, 2.75) is 11.8 Å². The first-order valence-electron chi connectivity index (χ1n) is 5.63. The van der Waals surface area contributed by atoms with E-state index in [2.05, 4.69) is 4.72 Å². The van der Waals surface area contributed by atoms with Gasteiger partial charge in [0.25, 0.3) is 10.0 Å². The molecule has 2 aromatic carbocycles. The zero-order valence-electron chi connectivity index (χ0n) is 10.5. The van der Waals surface area contributed by atoms with Gasteiger partial charge in [-0.3, -0.25) is 4.72 Å². The molecule has 0 spiro atoms. The predicted molar refractivity (Wildman–Crippen MR) is 72.8 cm³/mol. The van der Waals surface area contributed by atoms with Crippen molar-refractivity contribution in [1.82, 2.24) is 0 Å². The Hall–Kier alpha value is -2.15. The van der Waals surface area contributed by atoms with Gasteiger partial charge in [0.15, 0.2) is 0 Å². The van der Waals surface area contributed by atoms with E-state index < -0.39 is 21.7 Å². The van der Waals surface area contributed by atoms with Gasteiger partial charge in [-0.25, -0.2) is 17.2 Å². The molecule has 0 unspecified atom stereocenters. The summed E-state index contributed by atoms with van der Waals surface area (Å²) in [6.07, 6.45) is 0. The Kier molecular flexibility index (Phi) is 3.63. The number of hydrogen-bond donors (Lipinski definition) is 2. The lowest BCUT2D eigenvalue weighted by molar-refractivity contribution is 0.600. The minimum atomic E-state index is -3.95. The van der Waals surface area contributed by atoms with Crippen LogP contribution in [0, 0.1) is 18.6 Å². The molecule has 7 heteroatoms. The van der Waals surface area contributed by atoms with Gasteiger partial charge in [0.1, 0.15) is 11.6 Å². The molecule has 0 aromatic heterocycles. The van der Waals surface area contributed by atoms with E-state index in [1.165, 1.54) is 12.1 Å². The third-order valence-corrected chi connectivity index (χ3v) is 4.08. The molecule has 0 aliphatic heterocycles. The van der Waals surface area contributed by atoms with Gasteiger partial charge >= 0.3 is 0 Å². The Balaban J connectivity index is 2.35. The Morgan fingerprint density at radius 2 is 1.75 bits per heavy atom. The van der Waals surface area contributed by atoms with Gasteiger partial charge in [-0.2, -0.15) is 0 Å². The summed E-state index contributed by atoms with van der Waals surface area (Å²) in [5, 5.41) is 0. The molecule has 0 fully saturated rings. The van der Waals surface area contributed by atoms with Crippen molar-refractivity contribution in [1.29, 1.82) is 0 Å². The molecule has 0 saturated carbocycles. The van der Waals surface area contributed by atoms with Crippen LogP contribution in [-0.2, 0) is 10.0 Å². The van der Waals surface area contributed by atoms with Crippen LogP contribution in [0.4, 0.5) is 20.2 Å². The fraction of sp³-hybridized carbons (Fsp3) is 0.0769. The molecular weight excluding hydrogens is 286 g/mol. The summed E-state index contributed by atoms with van der Waals surface area (Å²) in [6, 6.07) is 7.00. The maximum absolute atomic E-state index is 13.4. The van der Waals surface area contributed by atoms with Crippen LogP contribution >= 0.6 is 0 Å².